The number of hydrogen-bond donors (Lipinski definition) is 5. The summed E-state index contributed by atoms with van der Waals surface area (Å²) in [6.45, 7) is 10.5. The van der Waals surface area contributed by atoms with E-state index in [0.29, 0.717) is 64.5 Å². The van der Waals surface area contributed by atoms with Crippen LogP contribution in [0.3, 0.4) is 0 Å². The van der Waals surface area contributed by atoms with E-state index in [-0.39, 0.29) is 50.4 Å². The highest BCUT2D eigenvalue weighted by Gasteiger charge is 2.18. The number of thiazole rings is 1. The molecule has 0 saturated heterocycles. The van der Waals surface area contributed by atoms with Crippen molar-refractivity contribution in [1.29, 1.82) is 0 Å². The second-order valence-electron chi connectivity index (χ2n) is 11.2. The average Bonchev–Trinajstić information content (AvgIpc) is 3.61. The molecule has 266 valence electrons. The number of aryl methyl sites for hydroxylation is 2. The number of halogens is 1. The first kappa shape index (κ1) is 41.9. The number of nitrogens with one attached hydrogen (secondary N) is 3. The molecule has 6 N–H and O–H groups in total. The van der Waals surface area contributed by atoms with E-state index in [0.717, 1.165) is 24.2 Å². The highest BCUT2D eigenvalue weighted by molar-refractivity contribution is 7.17. The standard InChI is InChI=1S/C22H26N6O5S.C9H19NO3.ClH/c1-13-18(21(31)32-11-4-3-9-23)34-22(25-13)27-17(29)8-10-24-20(30)16-7-5-6-15(12-16)19-26-14(2)33-28-19;1-9(2,3)13-8(12)10-6-4-5-7-11;/h5-7,12H,3-4,8-11,23H2,1-2H3,(H,24,30)(H,25,27,29);11H,4-7H2,1-3H3,(H,10,12);1H. The van der Waals surface area contributed by atoms with Crippen LogP contribution in [0.1, 0.15) is 84.5 Å². The number of hydrogen-bond acceptors (Lipinski definition) is 13. The van der Waals surface area contributed by atoms with Crippen LogP contribution in [0.5, 0.6) is 0 Å². The number of nitrogens with two attached hydrogens (primary N) is 1. The Bertz CT molecular complexity index is 1460. The van der Waals surface area contributed by atoms with Crippen LogP contribution in [-0.2, 0) is 14.3 Å². The lowest BCUT2D eigenvalue weighted by atomic mass is 10.1. The Morgan fingerprint density at radius 1 is 1.02 bits per heavy atom. The number of amides is 3. The van der Waals surface area contributed by atoms with Crippen LogP contribution >= 0.6 is 23.7 Å². The summed E-state index contributed by atoms with van der Waals surface area (Å²) in [5, 5.41) is 20.6. The number of unbranched alkanes of at least 4 members (excludes halogenated alkanes) is 2. The maximum Gasteiger partial charge on any atom is 0.407 e. The molecular weight excluding hydrogens is 666 g/mol. The average molecular weight is 712 g/mol. The van der Waals surface area contributed by atoms with Crippen LogP contribution in [-0.4, -0.2) is 82.6 Å². The van der Waals surface area contributed by atoms with Crippen molar-refractivity contribution in [1.82, 2.24) is 25.8 Å². The van der Waals surface area contributed by atoms with Gasteiger partial charge in [-0.05, 0) is 72.1 Å². The quantitative estimate of drug-likeness (QED) is 0.111. The number of rotatable bonds is 15. The van der Waals surface area contributed by atoms with E-state index in [1.807, 2.05) is 20.8 Å². The Balaban J connectivity index is 0.000000699. The maximum atomic E-state index is 12.4. The molecule has 0 radical (unpaired) electrons. The van der Waals surface area contributed by atoms with Gasteiger partial charge in [0.05, 0.1) is 12.3 Å². The summed E-state index contributed by atoms with van der Waals surface area (Å²) in [7, 11) is 0. The molecular formula is C31H46ClN7O8S. The van der Waals surface area contributed by atoms with Crippen molar-refractivity contribution in [2.45, 2.75) is 72.3 Å². The minimum Gasteiger partial charge on any atom is -0.461 e. The summed E-state index contributed by atoms with van der Waals surface area (Å²) < 4.78 is 15.2. The number of alkyl carbamates (subject to hydrolysis) is 1. The van der Waals surface area contributed by atoms with Crippen molar-refractivity contribution in [2.75, 3.05) is 38.2 Å². The highest BCUT2D eigenvalue weighted by Crippen LogP contribution is 2.23. The van der Waals surface area contributed by atoms with Crippen molar-refractivity contribution >= 4 is 52.8 Å². The first-order valence-corrected chi connectivity index (χ1v) is 16.1. The molecule has 3 rings (SSSR count). The van der Waals surface area contributed by atoms with Gasteiger partial charge in [-0.15, -0.1) is 12.4 Å². The van der Waals surface area contributed by atoms with Gasteiger partial charge in [0.25, 0.3) is 5.91 Å². The number of aromatic nitrogens is 3. The van der Waals surface area contributed by atoms with Crippen molar-refractivity contribution in [3.8, 4) is 11.4 Å². The fourth-order valence-electron chi connectivity index (χ4n) is 3.65. The van der Waals surface area contributed by atoms with Crippen molar-refractivity contribution < 1.29 is 38.3 Å². The van der Waals surface area contributed by atoms with Gasteiger partial charge in [-0.3, -0.25) is 9.59 Å². The number of benzene rings is 1. The zero-order valence-electron chi connectivity index (χ0n) is 27.9. The molecule has 0 aliphatic rings. The van der Waals surface area contributed by atoms with Gasteiger partial charge >= 0.3 is 12.1 Å². The number of carbonyl (C=O) groups excluding carboxylic acids is 4. The summed E-state index contributed by atoms with van der Waals surface area (Å²) >= 11 is 1.05. The van der Waals surface area contributed by atoms with E-state index in [1.54, 1.807) is 38.1 Å². The van der Waals surface area contributed by atoms with Crippen LogP contribution in [0.25, 0.3) is 11.4 Å². The van der Waals surface area contributed by atoms with Crippen molar-refractivity contribution in [3.05, 3.63) is 46.3 Å². The molecule has 15 nitrogen and oxygen atoms in total. The third-order valence-corrected chi connectivity index (χ3v) is 6.91. The zero-order chi connectivity index (χ0) is 34.8. The summed E-state index contributed by atoms with van der Waals surface area (Å²) in [6, 6.07) is 6.79. The van der Waals surface area contributed by atoms with E-state index in [4.69, 9.17) is 24.8 Å². The van der Waals surface area contributed by atoms with Crippen LogP contribution in [0, 0.1) is 13.8 Å². The molecule has 0 saturated carbocycles. The molecule has 1 aromatic carbocycles. The lowest BCUT2D eigenvalue weighted by Crippen LogP contribution is -2.33. The fourth-order valence-corrected chi connectivity index (χ4v) is 4.52. The minimum absolute atomic E-state index is 0. The van der Waals surface area contributed by atoms with Gasteiger partial charge in [0.1, 0.15) is 10.5 Å². The van der Waals surface area contributed by atoms with Crippen molar-refractivity contribution in [3.63, 3.8) is 0 Å². The van der Waals surface area contributed by atoms with Crippen LogP contribution in [0.4, 0.5) is 9.93 Å². The Kier molecular flexibility index (Phi) is 18.9. The van der Waals surface area contributed by atoms with Gasteiger partial charge in [0, 0.05) is 44.2 Å². The Hall–Kier alpha value is -4.12. The highest BCUT2D eigenvalue weighted by atomic mass is 35.5. The molecule has 0 atom stereocenters. The molecule has 3 amide bonds. The largest absolute Gasteiger partial charge is 0.461 e. The number of aliphatic hydroxyl groups is 1. The lowest BCUT2D eigenvalue weighted by Gasteiger charge is -2.19. The summed E-state index contributed by atoms with van der Waals surface area (Å²) in [4.78, 5) is 56.6. The summed E-state index contributed by atoms with van der Waals surface area (Å²) in [5.74, 6) is -0.326. The van der Waals surface area contributed by atoms with E-state index < -0.39 is 17.7 Å². The molecule has 0 fully saturated rings. The third kappa shape index (κ3) is 16.1. The van der Waals surface area contributed by atoms with Crippen LogP contribution < -0.4 is 21.7 Å². The van der Waals surface area contributed by atoms with Gasteiger partial charge in [-0.25, -0.2) is 14.6 Å². The number of ether oxygens (including phenoxy) is 2. The van der Waals surface area contributed by atoms with Gasteiger partial charge < -0.3 is 40.8 Å². The molecule has 2 aromatic heterocycles. The normalized spacial score (nSPS) is 10.6. The molecule has 17 heteroatoms. The zero-order valence-corrected chi connectivity index (χ0v) is 29.6. The van der Waals surface area contributed by atoms with Gasteiger partial charge in [-0.1, -0.05) is 28.6 Å². The lowest BCUT2D eigenvalue weighted by molar-refractivity contribution is -0.116. The topological polar surface area (TPSA) is 221 Å². The maximum absolute atomic E-state index is 12.4. The number of nitrogens with zero attached hydrogens (tertiary/aromatic N) is 3. The second kappa shape index (κ2) is 21.7. The molecule has 3 aromatic rings. The SMILES string of the molecule is CC(C)(C)OC(=O)NCCCCO.Cc1nc(-c2cccc(C(=O)NCCC(=O)Nc3nc(C)c(C(=O)OCCCCN)s3)c2)no1.Cl. The van der Waals surface area contributed by atoms with Crippen LogP contribution in [0.2, 0.25) is 0 Å². The Morgan fingerprint density at radius 2 is 1.77 bits per heavy atom. The molecule has 0 spiro atoms. The molecule has 0 aliphatic heterocycles. The first-order valence-electron chi connectivity index (χ1n) is 15.2. The molecule has 0 aliphatic carbocycles. The predicted molar refractivity (Wildman–Crippen MR) is 183 cm³/mol. The number of aliphatic hydroxyl groups excluding tert-OH is 1. The molecule has 48 heavy (non-hydrogen) atoms. The van der Waals surface area contributed by atoms with Crippen molar-refractivity contribution in [2.24, 2.45) is 5.73 Å². The second-order valence-corrected chi connectivity index (χ2v) is 12.2. The number of esters is 1. The van der Waals surface area contributed by atoms with E-state index in [2.05, 4.69) is 31.1 Å². The first-order chi connectivity index (χ1) is 22.3. The Labute approximate surface area is 290 Å². The summed E-state index contributed by atoms with van der Waals surface area (Å²) in [5.41, 5.74) is 6.51. The molecule has 0 bridgehead atoms. The van der Waals surface area contributed by atoms with E-state index >= 15 is 0 Å². The van der Waals surface area contributed by atoms with Crippen LogP contribution in [0.15, 0.2) is 28.8 Å². The number of carbonyl (C=O) groups is 4. The third-order valence-electron chi connectivity index (χ3n) is 5.86. The molecule has 2 heterocycles. The van der Waals surface area contributed by atoms with Gasteiger partial charge in [0.15, 0.2) is 5.13 Å². The van der Waals surface area contributed by atoms with Gasteiger partial charge in [0.2, 0.25) is 17.6 Å². The van der Waals surface area contributed by atoms with Gasteiger partial charge in [-0.2, -0.15) is 4.98 Å². The monoisotopic (exact) mass is 711 g/mol. The minimum atomic E-state index is -0.474. The summed E-state index contributed by atoms with van der Waals surface area (Å²) in [6.07, 6.45) is 2.58. The smallest absolute Gasteiger partial charge is 0.407 e. The molecule has 0 unspecified atom stereocenters. The number of anilines is 1. The Morgan fingerprint density at radius 3 is 2.42 bits per heavy atom. The van der Waals surface area contributed by atoms with E-state index in [9.17, 15) is 19.2 Å². The predicted octanol–water partition coefficient (Wildman–Crippen LogP) is 4.17. The fraction of sp³-hybridized carbons (Fsp3) is 0.516. The van der Waals surface area contributed by atoms with E-state index in [1.165, 1.54) is 0 Å².